The van der Waals surface area contributed by atoms with Crippen molar-refractivity contribution in [1.82, 2.24) is 14.5 Å². The molecular weight excluding hydrogens is 293 g/mol. The highest BCUT2D eigenvalue weighted by Crippen LogP contribution is 2.32. The minimum Gasteiger partial charge on any atom is -0.330 e. The molecule has 3 nitrogen and oxygen atoms in total. The van der Waals surface area contributed by atoms with Gasteiger partial charge in [-0.05, 0) is 50.7 Å². The van der Waals surface area contributed by atoms with Gasteiger partial charge in [-0.15, -0.1) is 11.3 Å². The Labute approximate surface area is 125 Å². The Morgan fingerprint density at radius 2 is 2.15 bits per heavy atom. The molecule has 2 aromatic heterocycles. The first-order chi connectivity index (χ1) is 9.41. The number of rotatable bonds is 2. The van der Waals surface area contributed by atoms with Gasteiger partial charge in [-0.3, -0.25) is 0 Å². The van der Waals surface area contributed by atoms with E-state index in [-0.39, 0.29) is 11.4 Å². The number of aromatic nitrogens is 3. The van der Waals surface area contributed by atoms with E-state index in [4.69, 9.17) is 12.2 Å². The second-order valence-corrected chi connectivity index (χ2v) is 6.56. The minimum absolute atomic E-state index is 0.229. The van der Waals surface area contributed by atoms with E-state index in [9.17, 15) is 4.39 Å². The van der Waals surface area contributed by atoms with E-state index in [1.54, 1.807) is 24.5 Å². The average molecular weight is 307 g/mol. The Balaban J connectivity index is 2.34. The molecule has 0 radical (unpaired) electrons. The molecule has 3 aromatic rings. The largest absolute Gasteiger partial charge is 0.330 e. The quantitative estimate of drug-likeness (QED) is 0.713. The number of hydrogen-bond acceptors (Lipinski definition) is 3. The lowest BCUT2D eigenvalue weighted by molar-refractivity contribution is 0.441. The van der Waals surface area contributed by atoms with Crippen molar-refractivity contribution < 1.29 is 4.39 Å². The van der Waals surface area contributed by atoms with Crippen LogP contribution in [0.1, 0.15) is 24.4 Å². The van der Waals surface area contributed by atoms with Gasteiger partial charge in [0.05, 0.1) is 16.6 Å². The standard InChI is InChI=1S/C14H14FN3S2/c1-8-6-11-10(7-9(8)15)17-13(19)18(11)14(2,3)12-16-4-5-20-12/h4-7H,1-3H3,(H,17,19). The summed E-state index contributed by atoms with van der Waals surface area (Å²) in [7, 11) is 0. The maximum absolute atomic E-state index is 13.7. The van der Waals surface area contributed by atoms with Crippen LogP contribution in [0.4, 0.5) is 4.39 Å². The van der Waals surface area contributed by atoms with Gasteiger partial charge >= 0.3 is 0 Å². The highest BCUT2D eigenvalue weighted by atomic mass is 32.1. The Kier molecular flexibility index (Phi) is 3.02. The molecule has 0 saturated carbocycles. The molecule has 0 spiro atoms. The Morgan fingerprint density at radius 3 is 2.80 bits per heavy atom. The van der Waals surface area contributed by atoms with Gasteiger partial charge in [-0.1, -0.05) is 0 Å². The van der Waals surface area contributed by atoms with Crippen molar-refractivity contribution in [3.05, 3.63) is 44.9 Å². The Morgan fingerprint density at radius 1 is 1.40 bits per heavy atom. The van der Waals surface area contributed by atoms with Crippen molar-refractivity contribution in [3.63, 3.8) is 0 Å². The van der Waals surface area contributed by atoms with Crippen molar-refractivity contribution in [2.45, 2.75) is 26.3 Å². The summed E-state index contributed by atoms with van der Waals surface area (Å²) in [6.45, 7) is 5.88. The molecule has 1 N–H and O–H groups in total. The second kappa shape index (κ2) is 4.49. The summed E-state index contributed by atoms with van der Waals surface area (Å²) < 4.78 is 16.3. The first-order valence-electron chi connectivity index (χ1n) is 6.22. The molecule has 0 unspecified atom stereocenters. The molecule has 2 heterocycles. The number of nitrogens with zero attached hydrogens (tertiary/aromatic N) is 2. The molecule has 0 fully saturated rings. The lowest BCUT2D eigenvalue weighted by Gasteiger charge is -2.25. The van der Waals surface area contributed by atoms with Crippen LogP contribution >= 0.6 is 23.6 Å². The molecule has 0 bridgehead atoms. The van der Waals surface area contributed by atoms with Gasteiger partial charge in [-0.25, -0.2) is 9.37 Å². The van der Waals surface area contributed by atoms with Crippen LogP contribution in [0.2, 0.25) is 0 Å². The van der Waals surface area contributed by atoms with Gasteiger partial charge in [-0.2, -0.15) is 0 Å². The van der Waals surface area contributed by atoms with Crippen molar-refractivity contribution >= 4 is 34.6 Å². The highest BCUT2D eigenvalue weighted by Gasteiger charge is 2.28. The fourth-order valence-corrected chi connectivity index (χ4v) is 3.60. The smallest absolute Gasteiger partial charge is 0.178 e. The highest BCUT2D eigenvalue weighted by molar-refractivity contribution is 7.71. The zero-order valence-electron chi connectivity index (χ0n) is 11.4. The van der Waals surface area contributed by atoms with E-state index >= 15 is 0 Å². The van der Waals surface area contributed by atoms with E-state index in [0.717, 1.165) is 10.5 Å². The van der Waals surface area contributed by atoms with Crippen LogP contribution in [-0.4, -0.2) is 14.5 Å². The summed E-state index contributed by atoms with van der Waals surface area (Å²) in [5.74, 6) is -0.229. The Hall–Kier alpha value is -1.53. The predicted molar refractivity (Wildman–Crippen MR) is 82.4 cm³/mol. The molecule has 0 aliphatic rings. The minimum atomic E-state index is -0.381. The van der Waals surface area contributed by atoms with Crippen LogP contribution in [0.3, 0.4) is 0 Å². The molecule has 0 aliphatic heterocycles. The Bertz CT molecular complexity index is 828. The molecule has 20 heavy (non-hydrogen) atoms. The number of aryl methyl sites for hydroxylation is 1. The number of nitrogens with one attached hydrogen (secondary N) is 1. The van der Waals surface area contributed by atoms with Crippen molar-refractivity contribution in [2.75, 3.05) is 0 Å². The lowest BCUT2D eigenvalue weighted by atomic mass is 10.1. The molecule has 104 valence electrons. The normalized spacial score (nSPS) is 12.2. The summed E-state index contributed by atoms with van der Waals surface area (Å²) in [4.78, 5) is 7.47. The van der Waals surface area contributed by atoms with Crippen LogP contribution in [0.5, 0.6) is 0 Å². The number of halogens is 1. The SMILES string of the molecule is Cc1cc2c(cc1F)[nH]c(=S)n2C(C)(C)c1nccs1. The van der Waals surface area contributed by atoms with Crippen LogP contribution in [0.15, 0.2) is 23.7 Å². The first kappa shape index (κ1) is 13.5. The zero-order valence-corrected chi connectivity index (χ0v) is 13.0. The summed E-state index contributed by atoms with van der Waals surface area (Å²) in [6.07, 6.45) is 1.78. The van der Waals surface area contributed by atoms with Gasteiger partial charge in [0, 0.05) is 11.6 Å². The first-order valence-corrected chi connectivity index (χ1v) is 7.51. The van der Waals surface area contributed by atoms with Crippen molar-refractivity contribution in [1.29, 1.82) is 0 Å². The zero-order chi connectivity index (χ0) is 14.5. The summed E-state index contributed by atoms with van der Waals surface area (Å²) in [5.41, 5.74) is 1.83. The van der Waals surface area contributed by atoms with Gasteiger partial charge in [0.2, 0.25) is 0 Å². The lowest BCUT2D eigenvalue weighted by Crippen LogP contribution is -2.27. The third-order valence-electron chi connectivity index (χ3n) is 3.48. The number of aromatic amines is 1. The number of H-pyrrole nitrogens is 1. The van der Waals surface area contributed by atoms with E-state index in [1.807, 2.05) is 16.0 Å². The fraction of sp³-hybridized carbons (Fsp3) is 0.286. The number of thiazole rings is 1. The molecule has 3 rings (SSSR count). The second-order valence-electron chi connectivity index (χ2n) is 5.28. The number of benzene rings is 1. The van der Waals surface area contributed by atoms with Gasteiger partial charge in [0.25, 0.3) is 0 Å². The van der Waals surface area contributed by atoms with E-state index in [0.29, 0.717) is 15.9 Å². The van der Waals surface area contributed by atoms with Crippen molar-refractivity contribution in [3.8, 4) is 0 Å². The maximum Gasteiger partial charge on any atom is 0.178 e. The van der Waals surface area contributed by atoms with E-state index < -0.39 is 0 Å². The third kappa shape index (κ3) is 1.91. The van der Waals surface area contributed by atoms with Crippen LogP contribution in [-0.2, 0) is 5.54 Å². The molecule has 1 aromatic carbocycles. The number of imidazole rings is 1. The fourth-order valence-electron chi connectivity index (χ4n) is 2.41. The topological polar surface area (TPSA) is 33.6 Å². The molecule has 0 amide bonds. The van der Waals surface area contributed by atoms with Crippen LogP contribution < -0.4 is 0 Å². The average Bonchev–Trinajstić information content (AvgIpc) is 2.97. The van der Waals surface area contributed by atoms with Crippen molar-refractivity contribution in [2.24, 2.45) is 0 Å². The van der Waals surface area contributed by atoms with Crippen LogP contribution in [0.25, 0.3) is 11.0 Å². The van der Waals surface area contributed by atoms with Crippen LogP contribution in [0, 0.1) is 17.5 Å². The predicted octanol–water partition coefficient (Wildman–Crippen LogP) is 4.39. The molecule has 6 heteroatoms. The summed E-state index contributed by atoms with van der Waals surface area (Å²) >= 11 is 7.01. The summed E-state index contributed by atoms with van der Waals surface area (Å²) in [5, 5.41) is 2.91. The van der Waals surface area contributed by atoms with Gasteiger partial charge in [0.15, 0.2) is 4.77 Å². The van der Waals surface area contributed by atoms with Gasteiger partial charge in [0.1, 0.15) is 10.8 Å². The third-order valence-corrected chi connectivity index (χ3v) is 4.85. The molecular formula is C14H14FN3S2. The summed E-state index contributed by atoms with van der Waals surface area (Å²) in [6, 6.07) is 3.32. The maximum atomic E-state index is 13.7. The number of fused-ring (bicyclic) bond motifs is 1. The molecule has 0 aliphatic carbocycles. The van der Waals surface area contributed by atoms with Gasteiger partial charge < -0.3 is 9.55 Å². The van der Waals surface area contributed by atoms with E-state index in [1.165, 1.54) is 6.07 Å². The molecule has 0 saturated heterocycles. The number of hydrogen-bond donors (Lipinski definition) is 1. The molecule has 0 atom stereocenters. The monoisotopic (exact) mass is 307 g/mol. The van der Waals surface area contributed by atoms with E-state index in [2.05, 4.69) is 23.8 Å².